The van der Waals surface area contributed by atoms with Gasteiger partial charge >= 0.3 is 5.97 Å². The lowest BCUT2D eigenvalue weighted by Gasteiger charge is -2.20. The Labute approximate surface area is 175 Å². The summed E-state index contributed by atoms with van der Waals surface area (Å²) in [6, 6.07) is 18.0. The smallest absolute Gasteiger partial charge is 0.347 e. The van der Waals surface area contributed by atoms with E-state index in [0.717, 1.165) is 5.56 Å². The minimum Gasteiger partial charge on any atom is -0.487 e. The lowest BCUT2D eigenvalue weighted by molar-refractivity contribution is 0.0728. The largest absolute Gasteiger partial charge is 0.487 e. The minimum absolute atomic E-state index is 0.00224. The monoisotopic (exact) mass is 406 g/mol. The molecule has 0 unspecified atom stereocenters. The van der Waals surface area contributed by atoms with Crippen LogP contribution in [0.4, 0.5) is 4.39 Å². The van der Waals surface area contributed by atoms with Crippen molar-refractivity contribution in [1.82, 2.24) is 0 Å². The molecule has 0 spiro atoms. The number of aliphatic hydroxyl groups is 1. The van der Waals surface area contributed by atoms with E-state index in [1.54, 1.807) is 49.4 Å². The maximum Gasteiger partial charge on any atom is 0.347 e. The highest BCUT2D eigenvalue weighted by Gasteiger charge is 2.27. The second-order valence-corrected chi connectivity index (χ2v) is 6.67. The van der Waals surface area contributed by atoms with E-state index in [2.05, 4.69) is 0 Å². The van der Waals surface area contributed by atoms with Crippen LogP contribution in [0.2, 0.25) is 0 Å². The average Bonchev–Trinajstić information content (AvgIpc) is 2.76. The van der Waals surface area contributed by atoms with E-state index in [9.17, 15) is 9.90 Å². The highest BCUT2D eigenvalue weighted by molar-refractivity contribution is 5.97. The van der Waals surface area contributed by atoms with Gasteiger partial charge in [-0.05, 0) is 31.5 Å². The van der Waals surface area contributed by atoms with Crippen molar-refractivity contribution < 1.29 is 23.8 Å². The third kappa shape index (κ3) is 4.58. The number of para-hydroxylation sites is 1. The molecule has 0 aliphatic heterocycles. The first-order chi connectivity index (χ1) is 14.6. The molecular formula is C25H23FO4. The molecule has 0 aliphatic rings. The predicted molar refractivity (Wildman–Crippen MR) is 114 cm³/mol. The van der Waals surface area contributed by atoms with Crippen LogP contribution < -0.4 is 9.47 Å². The van der Waals surface area contributed by atoms with Crippen LogP contribution in [0.15, 0.2) is 66.7 Å². The highest BCUT2D eigenvalue weighted by atomic mass is 19.1. The molecule has 0 atom stereocenters. The van der Waals surface area contributed by atoms with E-state index in [4.69, 9.17) is 9.47 Å². The van der Waals surface area contributed by atoms with Crippen molar-refractivity contribution in [2.75, 3.05) is 0 Å². The number of carbonyl (C=O) groups is 1. The average molecular weight is 406 g/mol. The van der Waals surface area contributed by atoms with Crippen LogP contribution in [0.1, 0.15) is 39.5 Å². The quantitative estimate of drug-likeness (QED) is 0.418. The molecule has 1 N–H and O–H groups in total. The molecule has 0 fully saturated rings. The lowest BCUT2D eigenvalue weighted by atomic mass is 9.96. The minimum atomic E-state index is -0.726. The number of allylic oxidation sites excluding steroid dienone is 1. The predicted octanol–water partition coefficient (Wildman–Crippen LogP) is 5.46. The number of rotatable bonds is 7. The third-order valence-electron chi connectivity index (χ3n) is 4.64. The van der Waals surface area contributed by atoms with Crippen LogP contribution in [0, 0.1) is 12.7 Å². The van der Waals surface area contributed by atoms with Crippen molar-refractivity contribution in [2.24, 2.45) is 0 Å². The molecule has 0 saturated carbocycles. The fourth-order valence-electron chi connectivity index (χ4n) is 3.17. The van der Waals surface area contributed by atoms with Gasteiger partial charge in [0.05, 0.1) is 6.61 Å². The molecule has 5 heteroatoms. The van der Waals surface area contributed by atoms with Crippen molar-refractivity contribution in [3.63, 3.8) is 0 Å². The standard InChI is InChI=1S/C25H23FO4/c1-3-10-20-21(15-27)23(26)17(2)22(25(28)30-19-13-8-5-9-14-19)24(20)29-16-18-11-6-4-7-12-18/h3-14,27H,15-16H2,1-2H3/b10-3+. The van der Waals surface area contributed by atoms with Crippen LogP contribution in [0.25, 0.3) is 6.08 Å². The first-order valence-electron chi connectivity index (χ1n) is 9.59. The van der Waals surface area contributed by atoms with Gasteiger partial charge in [0.2, 0.25) is 0 Å². The first-order valence-corrected chi connectivity index (χ1v) is 9.59. The molecule has 0 saturated heterocycles. The topological polar surface area (TPSA) is 55.8 Å². The zero-order valence-electron chi connectivity index (χ0n) is 16.9. The summed E-state index contributed by atoms with van der Waals surface area (Å²) >= 11 is 0. The van der Waals surface area contributed by atoms with Crippen molar-refractivity contribution in [2.45, 2.75) is 27.1 Å². The van der Waals surface area contributed by atoms with Gasteiger partial charge in [-0.2, -0.15) is 0 Å². The van der Waals surface area contributed by atoms with Crippen LogP contribution in [-0.2, 0) is 13.2 Å². The fourth-order valence-corrected chi connectivity index (χ4v) is 3.17. The molecule has 0 heterocycles. The van der Waals surface area contributed by atoms with Crippen LogP contribution in [0.5, 0.6) is 11.5 Å². The molecule has 0 amide bonds. The van der Waals surface area contributed by atoms with E-state index in [-0.39, 0.29) is 29.0 Å². The molecule has 0 radical (unpaired) electrons. The fraction of sp³-hybridized carbons (Fsp3) is 0.160. The first kappa shape index (κ1) is 21.3. The summed E-state index contributed by atoms with van der Waals surface area (Å²) in [5.41, 5.74) is 1.34. The summed E-state index contributed by atoms with van der Waals surface area (Å²) < 4.78 is 26.5. The zero-order chi connectivity index (χ0) is 21.5. The Morgan fingerprint density at radius 2 is 1.70 bits per heavy atom. The summed E-state index contributed by atoms with van der Waals surface area (Å²) in [4.78, 5) is 13.0. The summed E-state index contributed by atoms with van der Waals surface area (Å²) in [7, 11) is 0. The number of ether oxygens (including phenoxy) is 2. The molecule has 3 aromatic rings. The zero-order valence-corrected chi connectivity index (χ0v) is 16.9. The van der Waals surface area contributed by atoms with Gasteiger partial charge in [0.15, 0.2) is 0 Å². The van der Waals surface area contributed by atoms with E-state index in [1.807, 2.05) is 30.3 Å². The lowest BCUT2D eigenvalue weighted by Crippen LogP contribution is -2.16. The van der Waals surface area contributed by atoms with E-state index in [1.165, 1.54) is 6.92 Å². The normalized spacial score (nSPS) is 10.9. The number of benzene rings is 3. The number of hydrogen-bond acceptors (Lipinski definition) is 4. The molecule has 3 rings (SSSR count). The molecule has 0 aliphatic carbocycles. The van der Waals surface area contributed by atoms with Gasteiger partial charge in [-0.15, -0.1) is 0 Å². The number of aliphatic hydroxyl groups excluding tert-OH is 1. The Morgan fingerprint density at radius 1 is 1.07 bits per heavy atom. The Bertz CT molecular complexity index is 1040. The Balaban J connectivity index is 2.11. The Kier molecular flexibility index (Phi) is 6.99. The van der Waals surface area contributed by atoms with Crippen molar-refractivity contribution in [3.8, 4) is 11.5 Å². The molecule has 154 valence electrons. The van der Waals surface area contributed by atoms with Crippen molar-refractivity contribution >= 4 is 12.0 Å². The number of hydrogen-bond donors (Lipinski definition) is 1. The Morgan fingerprint density at radius 3 is 2.30 bits per heavy atom. The number of carbonyl (C=O) groups excluding carboxylic acids is 1. The number of halogens is 1. The van der Waals surface area contributed by atoms with Gasteiger partial charge in [-0.3, -0.25) is 0 Å². The molecule has 3 aromatic carbocycles. The molecule has 0 bridgehead atoms. The van der Waals surface area contributed by atoms with Crippen LogP contribution in [-0.4, -0.2) is 11.1 Å². The van der Waals surface area contributed by atoms with Gasteiger partial charge in [0.1, 0.15) is 29.5 Å². The Hall–Kier alpha value is -3.44. The van der Waals surface area contributed by atoms with Crippen LogP contribution >= 0.6 is 0 Å². The van der Waals surface area contributed by atoms with Gasteiger partial charge in [0.25, 0.3) is 0 Å². The maximum absolute atomic E-state index is 15.0. The van der Waals surface area contributed by atoms with E-state index >= 15 is 4.39 Å². The van der Waals surface area contributed by atoms with Gasteiger partial charge < -0.3 is 14.6 Å². The second kappa shape index (κ2) is 9.85. The molecular weight excluding hydrogens is 383 g/mol. The molecule has 0 aromatic heterocycles. The van der Waals surface area contributed by atoms with Gasteiger partial charge in [0, 0.05) is 16.7 Å². The van der Waals surface area contributed by atoms with E-state index in [0.29, 0.717) is 11.3 Å². The molecule has 30 heavy (non-hydrogen) atoms. The highest BCUT2D eigenvalue weighted by Crippen LogP contribution is 2.36. The van der Waals surface area contributed by atoms with E-state index < -0.39 is 18.4 Å². The van der Waals surface area contributed by atoms with Crippen molar-refractivity contribution in [3.05, 3.63) is 100 Å². The maximum atomic E-state index is 15.0. The van der Waals surface area contributed by atoms with Gasteiger partial charge in [-0.1, -0.05) is 60.7 Å². The van der Waals surface area contributed by atoms with Gasteiger partial charge in [-0.25, -0.2) is 9.18 Å². The molecule has 4 nitrogen and oxygen atoms in total. The van der Waals surface area contributed by atoms with Crippen LogP contribution in [0.3, 0.4) is 0 Å². The third-order valence-corrected chi connectivity index (χ3v) is 4.64. The summed E-state index contributed by atoms with van der Waals surface area (Å²) in [6.07, 6.45) is 3.32. The SMILES string of the molecule is C/C=C/c1c(CO)c(F)c(C)c(C(=O)Oc2ccccc2)c1OCc1ccccc1. The van der Waals surface area contributed by atoms with Crippen molar-refractivity contribution in [1.29, 1.82) is 0 Å². The number of esters is 1. The summed E-state index contributed by atoms with van der Waals surface area (Å²) in [5, 5.41) is 9.78. The summed E-state index contributed by atoms with van der Waals surface area (Å²) in [6.45, 7) is 2.89. The second-order valence-electron chi connectivity index (χ2n) is 6.67. The summed E-state index contributed by atoms with van der Waals surface area (Å²) in [5.74, 6) is -0.857.